The van der Waals surface area contributed by atoms with Crippen molar-refractivity contribution in [1.82, 2.24) is 0 Å². The molecule has 1 unspecified atom stereocenters. The van der Waals surface area contributed by atoms with Crippen molar-refractivity contribution < 1.29 is 14.3 Å². The van der Waals surface area contributed by atoms with E-state index in [0.717, 1.165) is 0 Å². The van der Waals surface area contributed by atoms with Crippen LogP contribution in [0.5, 0.6) is 0 Å². The maximum atomic E-state index is 9.25. The van der Waals surface area contributed by atoms with E-state index in [2.05, 4.69) is 13.8 Å². The molecule has 0 fully saturated rings. The zero-order chi connectivity index (χ0) is 32.7. The lowest BCUT2D eigenvalue weighted by molar-refractivity contribution is 0.194. The summed E-state index contributed by atoms with van der Waals surface area (Å²) in [5.74, 6) is 0.492. The van der Waals surface area contributed by atoms with Gasteiger partial charge in [-0.25, -0.2) is 0 Å². The van der Waals surface area contributed by atoms with Gasteiger partial charge in [0.2, 0.25) is 0 Å². The van der Waals surface area contributed by atoms with Gasteiger partial charge < -0.3 is 14.3 Å². The van der Waals surface area contributed by atoms with Crippen molar-refractivity contribution >= 4 is 8.60 Å². The summed E-state index contributed by atoms with van der Waals surface area (Å²) in [6.07, 6.45) is 51.8. The molecule has 0 heterocycles. The molecule has 0 radical (unpaired) electrons. The number of rotatable bonds is 40. The Balaban J connectivity index is 3.51. The Hall–Kier alpha value is 0.310. The highest BCUT2D eigenvalue weighted by atomic mass is 31.2. The SMILES string of the molecule is CCCCCCCCCCCCCCCCCCCCCC(CCCCCCCCCCCCCCCCCC)COP(O)O. The van der Waals surface area contributed by atoms with E-state index in [4.69, 9.17) is 4.52 Å². The molecule has 0 bridgehead atoms. The Labute approximate surface area is 286 Å². The van der Waals surface area contributed by atoms with Crippen LogP contribution in [0, 0.1) is 5.92 Å². The molecule has 272 valence electrons. The van der Waals surface area contributed by atoms with E-state index in [0.29, 0.717) is 12.5 Å². The first-order valence-electron chi connectivity index (χ1n) is 21.0. The van der Waals surface area contributed by atoms with Crippen molar-refractivity contribution in [2.45, 2.75) is 251 Å². The summed E-state index contributed by atoms with van der Waals surface area (Å²) in [6, 6.07) is 0. The van der Waals surface area contributed by atoms with E-state index in [1.54, 1.807) is 0 Å². The molecule has 4 heteroatoms. The summed E-state index contributed by atoms with van der Waals surface area (Å²) in [5, 5.41) is 0. The molecule has 0 spiro atoms. The third-order valence-electron chi connectivity index (χ3n) is 10.1. The van der Waals surface area contributed by atoms with Gasteiger partial charge in [0.25, 0.3) is 0 Å². The van der Waals surface area contributed by atoms with Crippen LogP contribution < -0.4 is 0 Å². The molecule has 0 rings (SSSR count). The lowest BCUT2D eigenvalue weighted by Crippen LogP contribution is -2.08. The van der Waals surface area contributed by atoms with Crippen LogP contribution in [0.25, 0.3) is 0 Å². The molecular weight excluding hydrogens is 571 g/mol. The first-order chi connectivity index (χ1) is 22.2. The van der Waals surface area contributed by atoms with Crippen molar-refractivity contribution in [3.05, 3.63) is 0 Å². The second kappa shape index (κ2) is 40.5. The Kier molecular flexibility index (Phi) is 40.8. The van der Waals surface area contributed by atoms with Gasteiger partial charge in [0, 0.05) is 0 Å². The predicted molar refractivity (Wildman–Crippen MR) is 203 cm³/mol. The fourth-order valence-electron chi connectivity index (χ4n) is 6.98. The number of hydrogen-bond donors (Lipinski definition) is 2. The molecule has 0 aromatic rings. The molecule has 0 aliphatic carbocycles. The highest BCUT2D eigenvalue weighted by Gasteiger charge is 2.12. The van der Waals surface area contributed by atoms with Gasteiger partial charge in [0.15, 0.2) is 0 Å². The Morgan fingerprint density at radius 1 is 0.333 bits per heavy atom. The third-order valence-corrected chi connectivity index (χ3v) is 10.5. The standard InChI is InChI=1S/C41H85O3P/c1-3-5-7-9-11-13-15-17-19-21-22-23-25-27-29-31-33-35-37-39-41(40-44-45(42)43)38-36-34-32-30-28-26-24-20-18-16-14-12-10-8-6-4-2/h41-43H,3-40H2,1-2H3. The second-order valence-electron chi connectivity index (χ2n) is 14.7. The van der Waals surface area contributed by atoms with Crippen LogP contribution in [0.15, 0.2) is 0 Å². The fourth-order valence-corrected chi connectivity index (χ4v) is 7.32. The van der Waals surface area contributed by atoms with E-state index in [9.17, 15) is 9.79 Å². The van der Waals surface area contributed by atoms with E-state index in [1.807, 2.05) is 0 Å². The smallest absolute Gasteiger partial charge is 0.327 e. The first-order valence-corrected chi connectivity index (χ1v) is 22.2. The lowest BCUT2D eigenvalue weighted by Gasteiger charge is -2.17. The summed E-state index contributed by atoms with van der Waals surface area (Å²) in [5.41, 5.74) is 0. The molecule has 0 aromatic carbocycles. The molecule has 0 aliphatic heterocycles. The molecule has 2 N–H and O–H groups in total. The molecule has 1 atom stereocenters. The summed E-state index contributed by atoms with van der Waals surface area (Å²) in [6.45, 7) is 5.12. The van der Waals surface area contributed by atoms with Crippen molar-refractivity contribution in [1.29, 1.82) is 0 Å². The normalized spacial score (nSPS) is 12.5. The average molecular weight is 657 g/mol. The van der Waals surface area contributed by atoms with Gasteiger partial charge in [-0.1, -0.05) is 239 Å². The summed E-state index contributed by atoms with van der Waals surface area (Å²) < 4.78 is 5.25. The average Bonchev–Trinajstić information content (AvgIpc) is 3.04. The summed E-state index contributed by atoms with van der Waals surface area (Å²) in [7, 11) is -2.21. The van der Waals surface area contributed by atoms with Crippen LogP contribution in [-0.2, 0) is 4.52 Å². The van der Waals surface area contributed by atoms with Crippen molar-refractivity contribution in [3.63, 3.8) is 0 Å². The Bertz CT molecular complexity index is 515. The van der Waals surface area contributed by atoms with Gasteiger partial charge in [0.05, 0.1) is 6.61 Å². The van der Waals surface area contributed by atoms with Crippen LogP contribution in [0.1, 0.15) is 251 Å². The van der Waals surface area contributed by atoms with Crippen LogP contribution in [-0.4, -0.2) is 16.4 Å². The van der Waals surface area contributed by atoms with E-state index in [-0.39, 0.29) is 0 Å². The molecule has 0 saturated carbocycles. The van der Waals surface area contributed by atoms with Gasteiger partial charge in [-0.3, -0.25) is 0 Å². The predicted octanol–water partition coefficient (Wildman–Crippen LogP) is 15.3. The monoisotopic (exact) mass is 657 g/mol. The van der Waals surface area contributed by atoms with Gasteiger partial charge >= 0.3 is 8.60 Å². The van der Waals surface area contributed by atoms with Gasteiger partial charge in [-0.15, -0.1) is 0 Å². The topological polar surface area (TPSA) is 49.7 Å². The highest BCUT2D eigenvalue weighted by molar-refractivity contribution is 7.39. The Morgan fingerprint density at radius 2 is 0.533 bits per heavy atom. The zero-order valence-electron chi connectivity index (χ0n) is 31.2. The van der Waals surface area contributed by atoms with Gasteiger partial charge in [-0.05, 0) is 18.8 Å². The van der Waals surface area contributed by atoms with Gasteiger partial charge in [-0.2, -0.15) is 0 Å². The first kappa shape index (κ1) is 45.3. The fraction of sp³-hybridized carbons (Fsp3) is 1.00. The summed E-state index contributed by atoms with van der Waals surface area (Å²) in [4.78, 5) is 18.5. The lowest BCUT2D eigenvalue weighted by atomic mass is 9.94. The molecular formula is C41H85O3P. The molecule has 0 aliphatic rings. The van der Waals surface area contributed by atoms with Gasteiger partial charge in [0.1, 0.15) is 0 Å². The van der Waals surface area contributed by atoms with E-state index < -0.39 is 8.60 Å². The maximum Gasteiger partial charge on any atom is 0.327 e. The van der Waals surface area contributed by atoms with Crippen LogP contribution in [0.2, 0.25) is 0 Å². The third kappa shape index (κ3) is 40.4. The van der Waals surface area contributed by atoms with Crippen LogP contribution in [0.4, 0.5) is 0 Å². The molecule has 3 nitrogen and oxygen atoms in total. The van der Waals surface area contributed by atoms with Crippen LogP contribution >= 0.6 is 8.60 Å². The van der Waals surface area contributed by atoms with Crippen molar-refractivity contribution in [2.75, 3.05) is 6.61 Å². The minimum absolute atomic E-state index is 0.492. The Morgan fingerprint density at radius 3 is 0.733 bits per heavy atom. The van der Waals surface area contributed by atoms with E-state index >= 15 is 0 Å². The number of hydrogen-bond acceptors (Lipinski definition) is 3. The van der Waals surface area contributed by atoms with Crippen LogP contribution in [0.3, 0.4) is 0 Å². The summed E-state index contributed by atoms with van der Waals surface area (Å²) >= 11 is 0. The van der Waals surface area contributed by atoms with Crippen molar-refractivity contribution in [2.24, 2.45) is 5.92 Å². The maximum absolute atomic E-state index is 9.25. The second-order valence-corrected chi connectivity index (χ2v) is 15.4. The minimum atomic E-state index is -2.21. The molecule has 0 saturated heterocycles. The molecule has 0 aromatic heterocycles. The molecule has 0 amide bonds. The minimum Gasteiger partial charge on any atom is -0.328 e. The largest absolute Gasteiger partial charge is 0.328 e. The quantitative estimate of drug-likeness (QED) is 0.0510. The molecule has 45 heavy (non-hydrogen) atoms. The van der Waals surface area contributed by atoms with E-state index in [1.165, 1.54) is 238 Å². The zero-order valence-corrected chi connectivity index (χ0v) is 32.1. The highest BCUT2D eigenvalue weighted by Crippen LogP contribution is 2.28. The van der Waals surface area contributed by atoms with Crippen molar-refractivity contribution in [3.8, 4) is 0 Å². The number of unbranched alkanes of at least 4 members (excludes halogenated alkanes) is 33.